The Morgan fingerprint density at radius 1 is 1.12 bits per heavy atom. The maximum absolute atomic E-state index is 14.6. The molecule has 2 aliphatic rings. The molecule has 2 N–H and O–H groups in total. The molecule has 0 bridgehead atoms. The van der Waals surface area contributed by atoms with Crippen LogP contribution in [0.5, 0.6) is 0 Å². The molecule has 0 saturated carbocycles. The molecule has 7 nitrogen and oxygen atoms in total. The van der Waals surface area contributed by atoms with Crippen molar-refractivity contribution in [1.29, 1.82) is 0 Å². The van der Waals surface area contributed by atoms with Gasteiger partial charge in [-0.05, 0) is 74.0 Å². The number of carbonyl (C=O) groups excluding carboxylic acids is 2. The maximum Gasteiger partial charge on any atom is 0.339 e. The SMILES string of the molecule is C=CCC1C2(CCNCC2)c2cc(C(=O)NCc3ccccc3Cl)ccc2[N+]1(C(C)=O)S(=O)(=O)c1ccc(F)cc1. The zero-order chi connectivity index (χ0) is 29.4. The van der Waals surface area contributed by atoms with Crippen molar-refractivity contribution >= 4 is 39.1 Å². The number of nitrogens with one attached hydrogen (secondary N) is 2. The Morgan fingerprint density at radius 3 is 2.44 bits per heavy atom. The van der Waals surface area contributed by atoms with Gasteiger partial charge in [0.2, 0.25) is 0 Å². The number of carbonyl (C=O) groups is 2. The van der Waals surface area contributed by atoms with Gasteiger partial charge < -0.3 is 10.6 Å². The lowest BCUT2D eigenvalue weighted by Gasteiger charge is -2.43. The molecule has 2 amide bonds. The number of piperidine rings is 1. The van der Waals surface area contributed by atoms with Crippen molar-refractivity contribution in [3.8, 4) is 0 Å². The molecule has 10 heteroatoms. The van der Waals surface area contributed by atoms with Gasteiger partial charge in [-0.3, -0.25) is 4.79 Å². The molecular formula is C31H32ClFN3O4S+. The van der Waals surface area contributed by atoms with E-state index >= 15 is 0 Å². The smallest absolute Gasteiger partial charge is 0.339 e. The largest absolute Gasteiger partial charge is 0.348 e. The molecule has 214 valence electrons. The highest BCUT2D eigenvalue weighted by Gasteiger charge is 2.69. The minimum Gasteiger partial charge on any atom is -0.348 e. The second-order valence-electron chi connectivity index (χ2n) is 10.6. The molecule has 41 heavy (non-hydrogen) atoms. The predicted octanol–water partition coefficient (Wildman–Crippen LogP) is 5.23. The number of benzene rings is 3. The van der Waals surface area contributed by atoms with Crippen molar-refractivity contribution in [3.63, 3.8) is 0 Å². The Hall–Kier alpha value is -3.37. The van der Waals surface area contributed by atoms with Crippen molar-refractivity contribution in [2.75, 3.05) is 13.1 Å². The van der Waals surface area contributed by atoms with Gasteiger partial charge in [-0.25, -0.2) is 9.18 Å². The van der Waals surface area contributed by atoms with Crippen LogP contribution in [0.1, 0.15) is 47.7 Å². The Bertz CT molecular complexity index is 1620. The standard InChI is InChI=1S/C31H31ClFN3O4S/c1-3-6-29-31(15-17-34-18-16-31)26-19-22(30(38)35-20-23-7-4-5-8-27(23)32)9-14-28(26)36(29,21(2)37)41(39,40)25-12-10-24(33)11-13-25/h3-5,7-14,19,29,34H,1,6,15-18,20H2,2H3/p+1. The summed E-state index contributed by atoms with van der Waals surface area (Å²) in [7, 11) is -4.42. The van der Waals surface area contributed by atoms with Gasteiger partial charge in [0.1, 0.15) is 16.8 Å². The molecule has 1 saturated heterocycles. The second kappa shape index (κ2) is 11.1. The van der Waals surface area contributed by atoms with Crippen LogP contribution in [0.25, 0.3) is 0 Å². The molecule has 2 unspecified atom stereocenters. The van der Waals surface area contributed by atoms with Crippen LogP contribution in [0.2, 0.25) is 5.02 Å². The van der Waals surface area contributed by atoms with Crippen molar-refractivity contribution in [2.24, 2.45) is 0 Å². The summed E-state index contributed by atoms with van der Waals surface area (Å²) in [5.41, 5.74) is 1.37. The van der Waals surface area contributed by atoms with Crippen molar-refractivity contribution < 1.29 is 22.4 Å². The third kappa shape index (κ3) is 4.61. The minimum absolute atomic E-state index is 0.151. The van der Waals surface area contributed by atoms with E-state index in [4.69, 9.17) is 11.6 Å². The summed E-state index contributed by atoms with van der Waals surface area (Å²) in [6.07, 6.45) is 3.02. The topological polar surface area (TPSA) is 92.3 Å². The molecule has 0 aromatic heterocycles. The Balaban J connectivity index is 1.69. The molecule has 1 spiro atoms. The van der Waals surface area contributed by atoms with E-state index in [-0.39, 0.29) is 23.8 Å². The predicted molar refractivity (Wildman–Crippen MR) is 158 cm³/mol. The van der Waals surface area contributed by atoms with Crippen molar-refractivity contribution in [2.45, 2.75) is 49.1 Å². The summed E-state index contributed by atoms with van der Waals surface area (Å²) in [6, 6.07) is 15.9. The fourth-order valence-corrected chi connectivity index (χ4v) is 9.01. The van der Waals surface area contributed by atoms with Gasteiger partial charge in [-0.15, -0.1) is 10.5 Å². The summed E-state index contributed by atoms with van der Waals surface area (Å²) in [4.78, 5) is 27.0. The van der Waals surface area contributed by atoms with Crippen LogP contribution in [-0.2, 0) is 26.8 Å². The van der Waals surface area contributed by atoms with Crippen LogP contribution >= 0.6 is 11.6 Å². The summed E-state index contributed by atoms with van der Waals surface area (Å²) >= 11 is 6.26. The highest BCUT2D eigenvalue weighted by Crippen LogP contribution is 2.58. The average molecular weight is 597 g/mol. The van der Waals surface area contributed by atoms with E-state index in [1.165, 1.54) is 19.1 Å². The van der Waals surface area contributed by atoms with Crippen molar-refractivity contribution in [3.05, 3.63) is 107 Å². The molecule has 3 aromatic rings. The highest BCUT2D eigenvalue weighted by molar-refractivity contribution is 7.91. The number of fused-ring (bicyclic) bond motifs is 2. The number of hydrogen-bond donors (Lipinski definition) is 2. The van der Waals surface area contributed by atoms with Gasteiger partial charge in [-0.2, -0.15) is 8.42 Å². The first-order chi connectivity index (χ1) is 19.6. The van der Waals surface area contributed by atoms with E-state index < -0.39 is 37.1 Å². The molecule has 2 heterocycles. The lowest BCUT2D eigenvalue weighted by atomic mass is 9.68. The first-order valence-electron chi connectivity index (χ1n) is 13.5. The van der Waals surface area contributed by atoms with Gasteiger partial charge >= 0.3 is 15.9 Å². The minimum atomic E-state index is -4.42. The number of amides is 2. The lowest BCUT2D eigenvalue weighted by Crippen LogP contribution is -2.66. The zero-order valence-corrected chi connectivity index (χ0v) is 24.3. The third-order valence-corrected chi connectivity index (χ3v) is 11.2. The quantitative estimate of drug-likeness (QED) is 0.288. The van der Waals surface area contributed by atoms with Crippen LogP contribution in [-0.4, -0.2) is 39.4 Å². The average Bonchev–Trinajstić information content (AvgIpc) is 3.19. The molecular weight excluding hydrogens is 565 g/mol. The number of hydrogen-bond acceptors (Lipinski definition) is 5. The van der Waals surface area contributed by atoms with E-state index in [1.54, 1.807) is 30.3 Å². The summed E-state index contributed by atoms with van der Waals surface area (Å²) in [5.74, 6) is -1.50. The van der Waals surface area contributed by atoms with Crippen molar-refractivity contribution in [1.82, 2.24) is 14.5 Å². The van der Waals surface area contributed by atoms with Gasteiger partial charge in [0, 0.05) is 35.2 Å². The maximum atomic E-state index is 14.6. The fourth-order valence-electron chi connectivity index (χ4n) is 6.62. The van der Waals surface area contributed by atoms with Crippen LogP contribution in [0, 0.1) is 5.82 Å². The number of rotatable bonds is 7. The van der Waals surface area contributed by atoms with Gasteiger partial charge in [0.25, 0.3) is 5.91 Å². The first kappa shape index (κ1) is 29.1. The molecule has 3 aromatic carbocycles. The summed E-state index contributed by atoms with van der Waals surface area (Å²) in [6.45, 7) is 6.64. The number of halogens is 2. The van der Waals surface area contributed by atoms with Crippen LogP contribution in [0.15, 0.2) is 84.3 Å². The molecule has 0 radical (unpaired) electrons. The van der Waals surface area contributed by atoms with Crippen LogP contribution < -0.4 is 14.5 Å². The van der Waals surface area contributed by atoms with E-state index in [9.17, 15) is 22.4 Å². The van der Waals surface area contributed by atoms with Gasteiger partial charge in [-0.1, -0.05) is 35.9 Å². The molecule has 0 aliphatic carbocycles. The molecule has 2 atom stereocenters. The number of sulfonamides is 1. The molecule has 1 fully saturated rings. The van der Waals surface area contributed by atoms with Gasteiger partial charge in [0.05, 0.1) is 12.3 Å². The number of nitrogens with zero attached hydrogens (tertiary/aromatic N) is 1. The summed E-state index contributed by atoms with van der Waals surface area (Å²) in [5, 5.41) is 6.78. The molecule has 2 aliphatic heterocycles. The first-order valence-corrected chi connectivity index (χ1v) is 15.3. The van der Waals surface area contributed by atoms with Crippen LogP contribution in [0.3, 0.4) is 0 Å². The summed E-state index contributed by atoms with van der Waals surface area (Å²) < 4.78 is 42.0. The third-order valence-electron chi connectivity index (χ3n) is 8.47. The monoisotopic (exact) mass is 596 g/mol. The van der Waals surface area contributed by atoms with E-state index in [2.05, 4.69) is 17.2 Å². The Labute approximate surface area is 244 Å². The van der Waals surface area contributed by atoms with E-state index in [0.29, 0.717) is 47.8 Å². The second-order valence-corrected chi connectivity index (χ2v) is 13.0. The fraction of sp³-hybridized carbons (Fsp3) is 0.290. The van der Waals surface area contributed by atoms with E-state index in [0.717, 1.165) is 17.7 Å². The lowest BCUT2D eigenvalue weighted by molar-refractivity contribution is -0.125. The zero-order valence-electron chi connectivity index (χ0n) is 22.7. The van der Waals surface area contributed by atoms with Crippen LogP contribution in [0.4, 0.5) is 10.1 Å². The Morgan fingerprint density at radius 2 is 1.80 bits per heavy atom. The molecule has 5 rings (SSSR count). The van der Waals surface area contributed by atoms with Gasteiger partial charge in [0.15, 0.2) is 5.69 Å². The highest BCUT2D eigenvalue weighted by atomic mass is 35.5. The van der Waals surface area contributed by atoms with E-state index in [1.807, 2.05) is 18.2 Å². The normalized spacial score (nSPS) is 21.3. The Kier molecular flexibility index (Phi) is 7.91. The number of quaternary nitrogens is 1.